The van der Waals surface area contributed by atoms with Crippen molar-refractivity contribution in [3.8, 4) is 11.5 Å². The number of unbranched alkanes of at least 4 members (excludes halogenated alkanes) is 5. The van der Waals surface area contributed by atoms with E-state index in [0.717, 1.165) is 6.42 Å². The van der Waals surface area contributed by atoms with Gasteiger partial charge in [0.25, 0.3) is 0 Å². The molecule has 0 aromatic carbocycles. The summed E-state index contributed by atoms with van der Waals surface area (Å²) >= 11 is 0. The van der Waals surface area contributed by atoms with Crippen molar-refractivity contribution in [1.29, 1.82) is 0 Å². The summed E-state index contributed by atoms with van der Waals surface area (Å²) in [5, 5.41) is 0. The first-order chi connectivity index (χ1) is 11.5. The van der Waals surface area contributed by atoms with Crippen LogP contribution in [0, 0.1) is 11.5 Å². The zero-order chi connectivity index (χ0) is 19.4. The molecule has 0 aromatic heterocycles. The van der Waals surface area contributed by atoms with Gasteiger partial charge in [-0.25, -0.2) is 0 Å². The maximum absolute atomic E-state index is 6.85. The zero-order valence-corrected chi connectivity index (χ0v) is 20.6. The molecule has 0 saturated carbocycles. The Balaban J connectivity index is 4.27. The predicted molar refractivity (Wildman–Crippen MR) is 123 cm³/mol. The van der Waals surface area contributed by atoms with Crippen LogP contribution in [-0.4, -0.2) is 21.7 Å². The van der Waals surface area contributed by atoms with E-state index in [-0.39, 0.29) is 5.54 Å². The first-order valence-electron chi connectivity index (χ1n) is 10.8. The van der Waals surface area contributed by atoms with Crippen molar-refractivity contribution in [3.63, 3.8) is 0 Å². The molecule has 1 atom stereocenters. The molecule has 0 rings (SSSR count). The topological polar surface area (TPSA) is 26.0 Å². The van der Waals surface area contributed by atoms with E-state index in [2.05, 4.69) is 57.7 Å². The summed E-state index contributed by atoms with van der Waals surface area (Å²) < 4.78 is 0. The van der Waals surface area contributed by atoms with E-state index in [1.165, 1.54) is 70.3 Å². The summed E-state index contributed by atoms with van der Waals surface area (Å²) in [6.07, 6.45) is 13.8. The molecule has 0 aliphatic heterocycles. The highest BCUT2D eigenvalue weighted by molar-refractivity contribution is 6.83. The second kappa shape index (κ2) is 12.4. The SMILES string of the molecule is CCCCCC(N)(CCCCC#C[Si](C)(C)C)CCCC[Si](C)(C)C. The second-order valence-corrected chi connectivity index (χ2v) is 20.7. The molecule has 0 aromatic rings. The molecule has 25 heavy (non-hydrogen) atoms. The highest BCUT2D eigenvalue weighted by Gasteiger charge is 2.24. The molecule has 0 amide bonds. The molecule has 0 aliphatic carbocycles. The van der Waals surface area contributed by atoms with Gasteiger partial charge in [-0.15, -0.1) is 11.5 Å². The fourth-order valence-electron chi connectivity index (χ4n) is 3.25. The van der Waals surface area contributed by atoms with Crippen LogP contribution in [0.5, 0.6) is 0 Å². The van der Waals surface area contributed by atoms with Crippen molar-refractivity contribution >= 4 is 16.1 Å². The molecular formula is C22H47NSi2. The van der Waals surface area contributed by atoms with E-state index in [9.17, 15) is 0 Å². The van der Waals surface area contributed by atoms with E-state index in [1.54, 1.807) is 0 Å². The molecule has 148 valence electrons. The predicted octanol–water partition coefficient (Wildman–Crippen LogP) is 7.21. The molecule has 0 spiro atoms. The summed E-state index contributed by atoms with van der Waals surface area (Å²) in [6.45, 7) is 16.7. The van der Waals surface area contributed by atoms with Crippen molar-refractivity contribution in [1.82, 2.24) is 0 Å². The lowest BCUT2D eigenvalue weighted by Gasteiger charge is -2.30. The minimum absolute atomic E-state index is 0.0841. The van der Waals surface area contributed by atoms with Crippen LogP contribution in [0.1, 0.15) is 77.6 Å². The Bertz CT molecular complexity index is 395. The lowest BCUT2D eigenvalue weighted by atomic mass is 9.83. The summed E-state index contributed by atoms with van der Waals surface area (Å²) in [4.78, 5) is 0. The van der Waals surface area contributed by atoms with Gasteiger partial charge in [-0.05, 0) is 25.7 Å². The third-order valence-electron chi connectivity index (χ3n) is 4.82. The number of nitrogens with two attached hydrogens (primary N) is 1. The number of rotatable bonds is 13. The standard InChI is InChI=1S/C22H47NSi2/c1-8-9-12-17-22(23,19-14-16-21-25(5,6)7)18-13-10-11-15-20-24(2,3)4/h8-14,16-19,21,23H2,1-7H3. The van der Waals surface area contributed by atoms with E-state index in [0.29, 0.717) is 0 Å². The third-order valence-corrected chi connectivity index (χ3v) is 7.60. The lowest BCUT2D eigenvalue weighted by molar-refractivity contribution is 0.309. The normalized spacial score (nSPS) is 14.7. The molecule has 2 N–H and O–H groups in total. The van der Waals surface area contributed by atoms with Crippen LogP contribution in [0.2, 0.25) is 45.3 Å². The highest BCUT2D eigenvalue weighted by Crippen LogP contribution is 2.27. The first-order valence-corrected chi connectivity index (χ1v) is 18.0. The summed E-state index contributed by atoms with van der Waals surface area (Å²) in [7, 11) is -2.09. The van der Waals surface area contributed by atoms with Gasteiger partial charge in [0.1, 0.15) is 8.07 Å². The van der Waals surface area contributed by atoms with Crippen molar-refractivity contribution < 1.29 is 0 Å². The number of hydrogen-bond donors (Lipinski definition) is 1. The van der Waals surface area contributed by atoms with Gasteiger partial charge in [-0.2, -0.15) is 0 Å². The van der Waals surface area contributed by atoms with Crippen molar-refractivity contribution in [2.45, 2.75) is 128 Å². The minimum atomic E-state index is -1.20. The monoisotopic (exact) mass is 381 g/mol. The molecule has 1 nitrogen and oxygen atoms in total. The van der Waals surface area contributed by atoms with Crippen LogP contribution in [0.25, 0.3) is 0 Å². The second-order valence-electron chi connectivity index (χ2n) is 10.3. The summed E-state index contributed by atoms with van der Waals surface area (Å²) in [6, 6.07) is 1.45. The first kappa shape index (κ1) is 25.0. The quantitative estimate of drug-likeness (QED) is 0.203. The van der Waals surface area contributed by atoms with E-state index in [4.69, 9.17) is 5.73 Å². The summed E-state index contributed by atoms with van der Waals surface area (Å²) in [5.74, 6) is 3.41. The molecule has 3 heteroatoms. The van der Waals surface area contributed by atoms with E-state index in [1.807, 2.05) is 0 Å². The van der Waals surface area contributed by atoms with Crippen LogP contribution in [0.4, 0.5) is 0 Å². The van der Waals surface area contributed by atoms with E-state index >= 15 is 0 Å². The van der Waals surface area contributed by atoms with Crippen molar-refractivity contribution in [2.75, 3.05) is 0 Å². The van der Waals surface area contributed by atoms with Gasteiger partial charge in [0.2, 0.25) is 0 Å². The summed E-state index contributed by atoms with van der Waals surface area (Å²) in [5.41, 5.74) is 10.4. The lowest BCUT2D eigenvalue weighted by Crippen LogP contribution is -2.39. The average molecular weight is 382 g/mol. The average Bonchev–Trinajstić information content (AvgIpc) is 2.46. The van der Waals surface area contributed by atoms with Gasteiger partial charge in [-0.3, -0.25) is 0 Å². The third kappa shape index (κ3) is 17.1. The Labute approximate surface area is 162 Å². The molecule has 0 bridgehead atoms. The van der Waals surface area contributed by atoms with Gasteiger partial charge >= 0.3 is 0 Å². The van der Waals surface area contributed by atoms with Gasteiger partial charge < -0.3 is 5.73 Å². The fourth-order valence-corrected chi connectivity index (χ4v) is 5.22. The molecule has 0 fully saturated rings. The van der Waals surface area contributed by atoms with Gasteiger partial charge in [0.15, 0.2) is 0 Å². The van der Waals surface area contributed by atoms with Crippen LogP contribution in [0.3, 0.4) is 0 Å². The van der Waals surface area contributed by atoms with Crippen molar-refractivity contribution in [3.05, 3.63) is 0 Å². The molecule has 0 saturated heterocycles. The van der Waals surface area contributed by atoms with Gasteiger partial charge in [0, 0.05) is 20.0 Å². The van der Waals surface area contributed by atoms with Crippen LogP contribution in [0.15, 0.2) is 0 Å². The largest absolute Gasteiger partial charge is 0.325 e. The smallest absolute Gasteiger partial charge is 0.129 e. The Hall–Kier alpha value is -0.0462. The van der Waals surface area contributed by atoms with Crippen molar-refractivity contribution in [2.24, 2.45) is 5.73 Å². The van der Waals surface area contributed by atoms with Gasteiger partial charge in [0.05, 0.1) is 0 Å². The van der Waals surface area contributed by atoms with Crippen LogP contribution in [-0.2, 0) is 0 Å². The van der Waals surface area contributed by atoms with E-state index < -0.39 is 16.1 Å². The molecule has 0 heterocycles. The van der Waals surface area contributed by atoms with Crippen LogP contribution < -0.4 is 5.73 Å². The Kier molecular flexibility index (Phi) is 12.3. The Morgan fingerprint density at radius 2 is 1.28 bits per heavy atom. The fraction of sp³-hybridized carbons (Fsp3) is 0.909. The molecular weight excluding hydrogens is 334 g/mol. The zero-order valence-electron chi connectivity index (χ0n) is 18.6. The van der Waals surface area contributed by atoms with Gasteiger partial charge in [-0.1, -0.05) is 90.8 Å². The Morgan fingerprint density at radius 3 is 1.76 bits per heavy atom. The molecule has 0 radical (unpaired) electrons. The maximum atomic E-state index is 6.85. The number of hydrogen-bond acceptors (Lipinski definition) is 1. The molecule has 1 unspecified atom stereocenters. The minimum Gasteiger partial charge on any atom is -0.325 e. The maximum Gasteiger partial charge on any atom is 0.129 e. The van der Waals surface area contributed by atoms with Crippen LogP contribution >= 0.6 is 0 Å². The molecule has 0 aliphatic rings. The Morgan fingerprint density at radius 1 is 0.760 bits per heavy atom. The highest BCUT2D eigenvalue weighted by atomic mass is 28.3.